The molecule has 19 heavy (non-hydrogen) atoms. The van der Waals surface area contributed by atoms with Crippen molar-refractivity contribution in [3.05, 3.63) is 18.1 Å². The Labute approximate surface area is 116 Å². The number of hydrogen-bond acceptors (Lipinski definition) is 4. The van der Waals surface area contributed by atoms with E-state index in [0.717, 1.165) is 38.3 Å². The van der Waals surface area contributed by atoms with Crippen molar-refractivity contribution in [2.24, 2.45) is 0 Å². The minimum Gasteiger partial charge on any atom is -0.352 e. The van der Waals surface area contributed by atoms with Crippen molar-refractivity contribution in [2.75, 3.05) is 24.5 Å². The van der Waals surface area contributed by atoms with Crippen molar-refractivity contribution in [1.82, 2.24) is 15.3 Å². The van der Waals surface area contributed by atoms with Gasteiger partial charge in [0.05, 0.1) is 0 Å². The lowest BCUT2D eigenvalue weighted by atomic mass is 10.2. The maximum Gasteiger partial charge on any atom is 0.132 e. The molecular formula is C15H26N4. The van der Waals surface area contributed by atoms with Crippen LogP contribution in [0.1, 0.15) is 45.2 Å². The van der Waals surface area contributed by atoms with Crippen molar-refractivity contribution in [1.29, 1.82) is 0 Å². The number of rotatable bonds is 7. The van der Waals surface area contributed by atoms with Gasteiger partial charge in [-0.15, -0.1) is 0 Å². The molecule has 1 aromatic heterocycles. The van der Waals surface area contributed by atoms with Crippen LogP contribution in [0.4, 0.5) is 5.82 Å². The molecule has 4 nitrogen and oxygen atoms in total. The lowest BCUT2D eigenvalue weighted by Gasteiger charge is -2.26. The van der Waals surface area contributed by atoms with E-state index in [1.807, 2.05) is 0 Å². The molecule has 1 N–H and O–H groups in total. The molecule has 0 spiro atoms. The third-order valence-corrected chi connectivity index (χ3v) is 3.69. The minimum absolute atomic E-state index is 0.593. The van der Waals surface area contributed by atoms with Crippen LogP contribution in [0.15, 0.2) is 12.4 Å². The van der Waals surface area contributed by atoms with E-state index in [2.05, 4.69) is 40.1 Å². The second-order valence-electron chi connectivity index (χ2n) is 5.31. The van der Waals surface area contributed by atoms with Gasteiger partial charge in [0.2, 0.25) is 0 Å². The fraction of sp³-hybridized carbons (Fsp3) is 0.733. The molecule has 106 valence electrons. The predicted molar refractivity (Wildman–Crippen MR) is 79.6 cm³/mol. The standard InChI is InChI=1S/C15H26N4/c1-3-6-13-10-15(18-12-17-13)19-9-5-7-14(19)11-16-8-4-2/h10,12,14,16H,3-9,11H2,1-2H3. The first-order valence-electron chi connectivity index (χ1n) is 7.63. The Kier molecular flexibility index (Phi) is 5.58. The number of aryl methyl sites for hydroxylation is 1. The lowest BCUT2D eigenvalue weighted by Crippen LogP contribution is -2.38. The van der Waals surface area contributed by atoms with Crippen molar-refractivity contribution in [3.63, 3.8) is 0 Å². The highest BCUT2D eigenvalue weighted by Crippen LogP contribution is 2.23. The number of hydrogen-bond donors (Lipinski definition) is 1. The third kappa shape index (κ3) is 3.90. The van der Waals surface area contributed by atoms with Crippen LogP contribution in [-0.4, -0.2) is 35.6 Å². The van der Waals surface area contributed by atoms with Gasteiger partial charge in [-0.1, -0.05) is 20.3 Å². The molecule has 0 amide bonds. The van der Waals surface area contributed by atoms with Crippen LogP contribution >= 0.6 is 0 Å². The van der Waals surface area contributed by atoms with E-state index in [4.69, 9.17) is 0 Å². The van der Waals surface area contributed by atoms with Gasteiger partial charge in [0.1, 0.15) is 12.1 Å². The van der Waals surface area contributed by atoms with Crippen LogP contribution < -0.4 is 10.2 Å². The summed E-state index contributed by atoms with van der Waals surface area (Å²) >= 11 is 0. The van der Waals surface area contributed by atoms with Gasteiger partial charge in [-0.25, -0.2) is 9.97 Å². The van der Waals surface area contributed by atoms with Crippen LogP contribution in [0.5, 0.6) is 0 Å². The fourth-order valence-electron chi connectivity index (χ4n) is 2.73. The summed E-state index contributed by atoms with van der Waals surface area (Å²) in [6, 6.07) is 2.76. The Morgan fingerprint density at radius 2 is 2.21 bits per heavy atom. The summed E-state index contributed by atoms with van der Waals surface area (Å²) in [5.41, 5.74) is 1.17. The van der Waals surface area contributed by atoms with E-state index in [1.165, 1.54) is 25.0 Å². The van der Waals surface area contributed by atoms with Crippen LogP contribution in [0, 0.1) is 0 Å². The van der Waals surface area contributed by atoms with Gasteiger partial charge in [0, 0.05) is 30.9 Å². The normalized spacial score (nSPS) is 19.1. The molecule has 2 rings (SSSR count). The zero-order valence-electron chi connectivity index (χ0n) is 12.2. The molecule has 1 aromatic rings. The first kappa shape index (κ1) is 14.3. The lowest BCUT2D eigenvalue weighted by molar-refractivity contribution is 0.568. The minimum atomic E-state index is 0.593. The maximum atomic E-state index is 4.47. The SMILES string of the molecule is CCCNCC1CCCN1c1cc(CCC)ncn1. The average Bonchev–Trinajstić information content (AvgIpc) is 2.88. The smallest absolute Gasteiger partial charge is 0.132 e. The van der Waals surface area contributed by atoms with Gasteiger partial charge < -0.3 is 10.2 Å². The van der Waals surface area contributed by atoms with Crippen molar-refractivity contribution in [3.8, 4) is 0 Å². The third-order valence-electron chi connectivity index (χ3n) is 3.69. The molecule has 0 saturated carbocycles. The van der Waals surface area contributed by atoms with E-state index in [0.29, 0.717) is 6.04 Å². The van der Waals surface area contributed by atoms with E-state index >= 15 is 0 Å². The summed E-state index contributed by atoms with van der Waals surface area (Å²) in [5, 5.41) is 3.53. The van der Waals surface area contributed by atoms with Gasteiger partial charge in [-0.05, 0) is 32.2 Å². The molecule has 4 heteroatoms. The molecule has 0 bridgehead atoms. The highest BCUT2D eigenvalue weighted by Gasteiger charge is 2.25. The average molecular weight is 262 g/mol. The van der Waals surface area contributed by atoms with Gasteiger partial charge in [0.15, 0.2) is 0 Å². The summed E-state index contributed by atoms with van der Waals surface area (Å²) in [7, 11) is 0. The summed E-state index contributed by atoms with van der Waals surface area (Å²) in [6.45, 7) is 7.70. The highest BCUT2D eigenvalue weighted by molar-refractivity contribution is 5.41. The molecule has 1 fully saturated rings. The number of aromatic nitrogens is 2. The number of nitrogens with one attached hydrogen (secondary N) is 1. The van der Waals surface area contributed by atoms with Crippen LogP contribution in [0.25, 0.3) is 0 Å². The molecule has 1 atom stereocenters. The molecular weight excluding hydrogens is 236 g/mol. The summed E-state index contributed by atoms with van der Waals surface area (Å²) in [6.07, 6.45) is 7.63. The Hall–Kier alpha value is -1.16. The molecule has 0 aromatic carbocycles. The molecule has 1 aliphatic rings. The van der Waals surface area contributed by atoms with Crippen LogP contribution in [0.3, 0.4) is 0 Å². The zero-order chi connectivity index (χ0) is 13.5. The first-order chi connectivity index (χ1) is 9.35. The fourth-order valence-corrected chi connectivity index (χ4v) is 2.73. The summed E-state index contributed by atoms with van der Waals surface area (Å²) < 4.78 is 0. The Morgan fingerprint density at radius 3 is 3.00 bits per heavy atom. The van der Waals surface area contributed by atoms with Crippen molar-refractivity contribution < 1.29 is 0 Å². The molecule has 0 aliphatic carbocycles. The Morgan fingerprint density at radius 1 is 1.32 bits per heavy atom. The summed E-state index contributed by atoms with van der Waals surface area (Å²) in [5.74, 6) is 1.11. The molecule has 1 saturated heterocycles. The molecule has 2 heterocycles. The van der Waals surface area contributed by atoms with Crippen LogP contribution in [0.2, 0.25) is 0 Å². The van der Waals surface area contributed by atoms with Gasteiger partial charge in [-0.2, -0.15) is 0 Å². The van der Waals surface area contributed by atoms with E-state index in [9.17, 15) is 0 Å². The Balaban J connectivity index is 2.00. The van der Waals surface area contributed by atoms with Crippen molar-refractivity contribution in [2.45, 2.75) is 52.0 Å². The largest absolute Gasteiger partial charge is 0.352 e. The maximum absolute atomic E-state index is 4.47. The monoisotopic (exact) mass is 262 g/mol. The van der Waals surface area contributed by atoms with Gasteiger partial charge in [-0.3, -0.25) is 0 Å². The highest BCUT2D eigenvalue weighted by atomic mass is 15.2. The topological polar surface area (TPSA) is 41.0 Å². The molecule has 1 unspecified atom stereocenters. The van der Waals surface area contributed by atoms with Crippen LogP contribution in [-0.2, 0) is 6.42 Å². The van der Waals surface area contributed by atoms with E-state index < -0.39 is 0 Å². The second-order valence-corrected chi connectivity index (χ2v) is 5.31. The van der Waals surface area contributed by atoms with Crippen molar-refractivity contribution >= 4 is 5.82 Å². The quantitative estimate of drug-likeness (QED) is 0.766. The molecule has 1 aliphatic heterocycles. The van der Waals surface area contributed by atoms with Gasteiger partial charge in [0.25, 0.3) is 0 Å². The number of nitrogens with zero attached hydrogens (tertiary/aromatic N) is 3. The molecule has 0 radical (unpaired) electrons. The predicted octanol–water partition coefficient (Wildman–Crippen LogP) is 2.40. The Bertz CT molecular complexity index is 380. The zero-order valence-corrected chi connectivity index (χ0v) is 12.2. The summed E-state index contributed by atoms with van der Waals surface area (Å²) in [4.78, 5) is 11.3. The first-order valence-corrected chi connectivity index (χ1v) is 7.63. The second kappa shape index (κ2) is 7.43. The van der Waals surface area contributed by atoms with E-state index in [1.54, 1.807) is 6.33 Å². The van der Waals surface area contributed by atoms with E-state index in [-0.39, 0.29) is 0 Å². The van der Waals surface area contributed by atoms with Gasteiger partial charge >= 0.3 is 0 Å². The number of anilines is 1.